The highest BCUT2D eigenvalue weighted by molar-refractivity contribution is 5.79. The highest BCUT2D eigenvalue weighted by Crippen LogP contribution is 2.24. The number of hydrogen-bond acceptors (Lipinski definition) is 4. The molecule has 2 saturated heterocycles. The molecular formula is C18H33F3N4O2. The Bertz CT molecular complexity index is 460. The fourth-order valence-corrected chi connectivity index (χ4v) is 3.56. The molecule has 2 aliphatic rings. The van der Waals surface area contributed by atoms with Gasteiger partial charge in [-0.2, -0.15) is 13.2 Å². The smallest absolute Gasteiger partial charge is 0.388 e. The number of aliphatic imine (C=N–C) groups is 1. The molecule has 0 aromatic heterocycles. The maximum absolute atomic E-state index is 12.4. The molecule has 0 unspecified atom stereocenters. The molecule has 0 spiro atoms. The van der Waals surface area contributed by atoms with Crippen LogP contribution in [0.3, 0.4) is 0 Å². The summed E-state index contributed by atoms with van der Waals surface area (Å²) in [6.45, 7) is 5.09. The summed E-state index contributed by atoms with van der Waals surface area (Å²) in [7, 11) is 0. The van der Waals surface area contributed by atoms with E-state index in [-0.39, 0.29) is 0 Å². The zero-order valence-electron chi connectivity index (χ0n) is 16.2. The van der Waals surface area contributed by atoms with Crippen LogP contribution in [-0.2, 0) is 4.74 Å². The van der Waals surface area contributed by atoms with Gasteiger partial charge in [0.25, 0.3) is 0 Å². The van der Waals surface area contributed by atoms with Crippen LogP contribution >= 0.6 is 0 Å². The highest BCUT2D eigenvalue weighted by atomic mass is 19.4. The Kier molecular flexibility index (Phi) is 8.62. The lowest BCUT2D eigenvalue weighted by molar-refractivity contribution is -0.148. The Morgan fingerprint density at radius 1 is 1.22 bits per heavy atom. The van der Waals surface area contributed by atoms with E-state index in [4.69, 9.17) is 4.74 Å². The van der Waals surface area contributed by atoms with Crippen LogP contribution in [-0.4, -0.2) is 80.2 Å². The van der Waals surface area contributed by atoms with Crippen molar-refractivity contribution < 1.29 is 23.0 Å². The quantitative estimate of drug-likeness (QED) is 0.453. The molecular weight excluding hydrogens is 361 g/mol. The van der Waals surface area contributed by atoms with Gasteiger partial charge in [0.1, 0.15) is 0 Å². The Hall–Kier alpha value is -1.06. The minimum Gasteiger partial charge on any atom is -0.388 e. The molecule has 0 radical (unpaired) electrons. The number of likely N-dealkylation sites (tertiary alicyclic amines) is 1. The van der Waals surface area contributed by atoms with E-state index >= 15 is 0 Å². The molecule has 0 aliphatic carbocycles. The number of halogens is 3. The van der Waals surface area contributed by atoms with Crippen LogP contribution in [0.5, 0.6) is 0 Å². The average molecular weight is 394 g/mol. The normalized spacial score (nSPS) is 22.6. The molecule has 2 aliphatic heterocycles. The Labute approximate surface area is 159 Å². The van der Waals surface area contributed by atoms with Crippen molar-refractivity contribution in [2.45, 2.75) is 50.8 Å². The van der Waals surface area contributed by atoms with E-state index < -0.39 is 18.3 Å². The minimum atomic E-state index is -4.11. The third-order valence-corrected chi connectivity index (χ3v) is 5.25. The molecule has 3 N–H and O–H groups in total. The fraction of sp³-hybridized carbons (Fsp3) is 0.944. The van der Waals surface area contributed by atoms with Crippen molar-refractivity contribution in [3.05, 3.63) is 0 Å². The number of alkyl halides is 3. The molecule has 27 heavy (non-hydrogen) atoms. The third kappa shape index (κ3) is 8.66. The molecule has 0 saturated carbocycles. The maximum atomic E-state index is 12.4. The summed E-state index contributed by atoms with van der Waals surface area (Å²) in [5.74, 6) is 1.11. The van der Waals surface area contributed by atoms with E-state index in [9.17, 15) is 18.3 Å². The number of guanidine groups is 1. The molecule has 0 aromatic rings. The third-order valence-electron chi connectivity index (χ3n) is 5.25. The second-order valence-electron chi connectivity index (χ2n) is 7.58. The van der Waals surface area contributed by atoms with Gasteiger partial charge >= 0.3 is 6.18 Å². The number of nitrogens with one attached hydrogen (secondary N) is 2. The second-order valence-corrected chi connectivity index (χ2v) is 7.58. The number of aliphatic hydroxyl groups is 1. The summed E-state index contributed by atoms with van der Waals surface area (Å²) in [5.41, 5.74) is -0.800. The van der Waals surface area contributed by atoms with Crippen molar-refractivity contribution in [2.75, 3.05) is 52.5 Å². The van der Waals surface area contributed by atoms with E-state index in [1.54, 1.807) is 0 Å². The van der Waals surface area contributed by atoms with Gasteiger partial charge in [-0.1, -0.05) is 0 Å². The topological polar surface area (TPSA) is 69.1 Å². The van der Waals surface area contributed by atoms with Gasteiger partial charge in [0.05, 0.1) is 18.7 Å². The summed E-state index contributed by atoms with van der Waals surface area (Å²) >= 11 is 0. The van der Waals surface area contributed by atoms with Crippen LogP contribution in [0.2, 0.25) is 0 Å². The molecule has 0 amide bonds. The SMILES string of the molecule is CCNC(=NCC1(O)CCOCC1)NCCC1CCN(CC(F)(F)F)CC1. The van der Waals surface area contributed by atoms with Gasteiger partial charge in [-0.05, 0) is 45.2 Å². The van der Waals surface area contributed by atoms with E-state index in [0.29, 0.717) is 57.6 Å². The van der Waals surface area contributed by atoms with Crippen LogP contribution in [0.15, 0.2) is 4.99 Å². The first-order chi connectivity index (χ1) is 12.8. The number of hydrogen-bond donors (Lipinski definition) is 3. The summed E-state index contributed by atoms with van der Waals surface area (Å²) in [6, 6.07) is 0. The van der Waals surface area contributed by atoms with E-state index in [0.717, 1.165) is 32.4 Å². The van der Waals surface area contributed by atoms with Crippen LogP contribution in [0.1, 0.15) is 39.0 Å². The predicted octanol–water partition coefficient (Wildman–Crippen LogP) is 1.75. The first-order valence-corrected chi connectivity index (χ1v) is 9.91. The summed E-state index contributed by atoms with van der Waals surface area (Å²) in [6.07, 6.45) is -0.433. The lowest BCUT2D eigenvalue weighted by Crippen LogP contribution is -2.43. The van der Waals surface area contributed by atoms with Crippen molar-refractivity contribution in [3.63, 3.8) is 0 Å². The summed E-state index contributed by atoms with van der Waals surface area (Å²) < 4.78 is 42.6. The van der Waals surface area contributed by atoms with E-state index in [1.165, 1.54) is 4.90 Å². The van der Waals surface area contributed by atoms with Crippen LogP contribution < -0.4 is 10.6 Å². The molecule has 158 valence electrons. The van der Waals surface area contributed by atoms with Crippen LogP contribution in [0, 0.1) is 5.92 Å². The van der Waals surface area contributed by atoms with Gasteiger partial charge in [-0.15, -0.1) is 0 Å². The van der Waals surface area contributed by atoms with Crippen molar-refractivity contribution >= 4 is 5.96 Å². The Balaban J connectivity index is 1.69. The largest absolute Gasteiger partial charge is 0.401 e. The standard InChI is InChI=1S/C18H33F3N4O2/c1-2-22-16(24-13-17(26)6-11-27-12-7-17)23-8-3-15-4-9-25(10-5-15)14-18(19,20)21/h15,26H,2-14H2,1H3,(H2,22,23,24). The molecule has 2 heterocycles. The van der Waals surface area contributed by atoms with Crippen LogP contribution in [0.25, 0.3) is 0 Å². The molecule has 0 atom stereocenters. The summed E-state index contributed by atoms with van der Waals surface area (Å²) in [5, 5.41) is 16.9. The number of nitrogens with zero attached hydrogens (tertiary/aromatic N) is 2. The summed E-state index contributed by atoms with van der Waals surface area (Å²) in [4.78, 5) is 5.99. The van der Waals surface area contributed by atoms with Crippen molar-refractivity contribution in [3.8, 4) is 0 Å². The molecule has 6 nitrogen and oxygen atoms in total. The molecule has 2 rings (SSSR count). The first-order valence-electron chi connectivity index (χ1n) is 9.91. The number of rotatable bonds is 7. The number of piperidine rings is 1. The van der Waals surface area contributed by atoms with Gasteiger partial charge in [0.2, 0.25) is 0 Å². The van der Waals surface area contributed by atoms with Gasteiger partial charge in [0.15, 0.2) is 5.96 Å². The predicted molar refractivity (Wildman–Crippen MR) is 98.8 cm³/mol. The van der Waals surface area contributed by atoms with Crippen molar-refractivity contribution in [1.29, 1.82) is 0 Å². The first kappa shape index (κ1) is 22.2. The van der Waals surface area contributed by atoms with Gasteiger partial charge in [-0.3, -0.25) is 9.89 Å². The molecule has 0 aromatic carbocycles. The monoisotopic (exact) mass is 394 g/mol. The molecule has 2 fully saturated rings. The van der Waals surface area contributed by atoms with Crippen molar-refractivity contribution in [1.82, 2.24) is 15.5 Å². The molecule has 0 bridgehead atoms. The Morgan fingerprint density at radius 2 is 1.89 bits per heavy atom. The maximum Gasteiger partial charge on any atom is 0.401 e. The van der Waals surface area contributed by atoms with E-state index in [1.807, 2.05) is 6.92 Å². The fourth-order valence-electron chi connectivity index (χ4n) is 3.56. The minimum absolute atomic E-state index is 0.335. The molecule has 9 heteroatoms. The Morgan fingerprint density at radius 3 is 2.48 bits per heavy atom. The van der Waals surface area contributed by atoms with Crippen LogP contribution in [0.4, 0.5) is 13.2 Å². The zero-order valence-corrected chi connectivity index (χ0v) is 16.2. The van der Waals surface area contributed by atoms with E-state index in [2.05, 4.69) is 15.6 Å². The van der Waals surface area contributed by atoms with Crippen molar-refractivity contribution in [2.24, 2.45) is 10.9 Å². The lowest BCUT2D eigenvalue weighted by atomic mass is 9.93. The van der Waals surface area contributed by atoms with Gasteiger partial charge in [0, 0.05) is 39.1 Å². The van der Waals surface area contributed by atoms with Gasteiger partial charge in [-0.25, -0.2) is 0 Å². The van der Waals surface area contributed by atoms with Gasteiger partial charge < -0.3 is 20.5 Å². The average Bonchev–Trinajstić information content (AvgIpc) is 2.60. The zero-order chi connectivity index (χ0) is 19.8. The lowest BCUT2D eigenvalue weighted by Gasteiger charge is -2.32. The number of ether oxygens (including phenoxy) is 1. The highest BCUT2D eigenvalue weighted by Gasteiger charge is 2.32. The second kappa shape index (κ2) is 10.5.